The summed E-state index contributed by atoms with van der Waals surface area (Å²) in [6, 6.07) is 13.7. The van der Waals surface area contributed by atoms with E-state index in [4.69, 9.17) is 5.73 Å². The molecule has 0 saturated carbocycles. The van der Waals surface area contributed by atoms with Crippen molar-refractivity contribution < 1.29 is 9.59 Å². The van der Waals surface area contributed by atoms with Gasteiger partial charge in [-0.05, 0) is 55.5 Å². The van der Waals surface area contributed by atoms with Gasteiger partial charge in [0.1, 0.15) is 0 Å². The zero-order valence-electron chi connectivity index (χ0n) is 14.5. The van der Waals surface area contributed by atoms with Crippen LogP contribution in [-0.2, 0) is 11.2 Å². The Morgan fingerprint density at radius 3 is 2.29 bits per heavy atom. The first-order valence-electron chi connectivity index (χ1n) is 8.11. The van der Waals surface area contributed by atoms with Gasteiger partial charge in [0.25, 0.3) is 5.91 Å². The molecule has 2 rings (SSSR count). The van der Waals surface area contributed by atoms with Gasteiger partial charge in [-0.25, -0.2) is 0 Å². The van der Waals surface area contributed by atoms with Crippen molar-refractivity contribution in [2.45, 2.75) is 33.1 Å². The molecule has 4 nitrogen and oxygen atoms in total. The number of primary amides is 1. The van der Waals surface area contributed by atoms with Crippen LogP contribution in [0, 0.1) is 13.8 Å². The lowest BCUT2D eigenvalue weighted by Crippen LogP contribution is -2.27. The Morgan fingerprint density at radius 2 is 1.67 bits per heavy atom. The topological polar surface area (TPSA) is 63.4 Å². The maximum atomic E-state index is 12.9. The van der Waals surface area contributed by atoms with Gasteiger partial charge in [-0.1, -0.05) is 30.3 Å². The van der Waals surface area contributed by atoms with E-state index in [0.29, 0.717) is 12.8 Å². The summed E-state index contributed by atoms with van der Waals surface area (Å²) in [6.45, 7) is 3.91. The minimum Gasteiger partial charge on any atom is -0.370 e. The summed E-state index contributed by atoms with van der Waals surface area (Å²) in [5.74, 6) is -0.298. The molecule has 0 radical (unpaired) electrons. The molecule has 0 spiro atoms. The zero-order chi connectivity index (χ0) is 17.7. The first-order valence-corrected chi connectivity index (χ1v) is 8.11. The lowest BCUT2D eigenvalue weighted by atomic mass is 10.0. The molecule has 0 heterocycles. The number of carbonyl (C=O) groups excluding carboxylic acids is 2. The van der Waals surface area contributed by atoms with E-state index in [9.17, 15) is 9.59 Å². The number of hydrogen-bond acceptors (Lipinski definition) is 2. The molecule has 0 aromatic heterocycles. The van der Waals surface area contributed by atoms with Crippen LogP contribution < -0.4 is 10.6 Å². The fourth-order valence-electron chi connectivity index (χ4n) is 2.82. The maximum Gasteiger partial charge on any atom is 0.258 e. The third-order valence-electron chi connectivity index (χ3n) is 4.19. The Kier molecular flexibility index (Phi) is 5.74. The number of amides is 2. The van der Waals surface area contributed by atoms with Crippen molar-refractivity contribution in [3.63, 3.8) is 0 Å². The van der Waals surface area contributed by atoms with Gasteiger partial charge in [-0.2, -0.15) is 0 Å². The first-order chi connectivity index (χ1) is 11.4. The number of benzene rings is 2. The van der Waals surface area contributed by atoms with Crippen LogP contribution in [0.15, 0.2) is 42.5 Å². The van der Waals surface area contributed by atoms with Crippen molar-refractivity contribution in [1.82, 2.24) is 0 Å². The first kappa shape index (κ1) is 17.7. The molecule has 24 heavy (non-hydrogen) atoms. The number of anilines is 1. The highest BCUT2D eigenvalue weighted by Gasteiger charge is 2.17. The highest BCUT2D eigenvalue weighted by molar-refractivity contribution is 6.07. The molecule has 2 N–H and O–H groups in total. The van der Waals surface area contributed by atoms with E-state index in [1.165, 1.54) is 0 Å². The van der Waals surface area contributed by atoms with Crippen LogP contribution in [-0.4, -0.2) is 18.9 Å². The molecular formula is C20H24N2O2. The highest BCUT2D eigenvalue weighted by Crippen LogP contribution is 2.21. The average Bonchev–Trinajstić information content (AvgIpc) is 2.54. The van der Waals surface area contributed by atoms with Gasteiger partial charge in [0.15, 0.2) is 0 Å². The second-order valence-electron chi connectivity index (χ2n) is 6.12. The van der Waals surface area contributed by atoms with E-state index in [0.717, 1.165) is 34.4 Å². The van der Waals surface area contributed by atoms with Gasteiger partial charge < -0.3 is 10.6 Å². The van der Waals surface area contributed by atoms with Gasteiger partial charge >= 0.3 is 0 Å². The molecule has 2 amide bonds. The Balaban J connectivity index is 2.18. The van der Waals surface area contributed by atoms with E-state index >= 15 is 0 Å². The predicted molar refractivity (Wildman–Crippen MR) is 97.2 cm³/mol. The summed E-state index contributed by atoms with van der Waals surface area (Å²) in [6.07, 6.45) is 1.86. The summed E-state index contributed by atoms with van der Waals surface area (Å²) in [5, 5.41) is 0. The summed E-state index contributed by atoms with van der Waals surface area (Å²) in [5.41, 5.74) is 9.82. The van der Waals surface area contributed by atoms with Crippen molar-refractivity contribution in [3.05, 3.63) is 64.7 Å². The smallest absolute Gasteiger partial charge is 0.258 e. The van der Waals surface area contributed by atoms with Gasteiger partial charge in [-0.15, -0.1) is 0 Å². The van der Waals surface area contributed by atoms with E-state index in [-0.39, 0.29) is 11.8 Å². The van der Waals surface area contributed by atoms with Gasteiger partial charge in [0.05, 0.1) is 0 Å². The predicted octanol–water partition coefficient (Wildman–Crippen LogP) is 3.39. The van der Waals surface area contributed by atoms with Crippen molar-refractivity contribution in [3.8, 4) is 0 Å². The van der Waals surface area contributed by atoms with E-state index in [1.807, 2.05) is 56.3 Å². The Morgan fingerprint density at radius 1 is 1.04 bits per heavy atom. The van der Waals surface area contributed by atoms with Gasteiger partial charge in [0.2, 0.25) is 5.91 Å². The molecule has 0 aliphatic carbocycles. The van der Waals surface area contributed by atoms with Crippen LogP contribution in [0.4, 0.5) is 5.69 Å². The van der Waals surface area contributed by atoms with Crippen LogP contribution >= 0.6 is 0 Å². The van der Waals surface area contributed by atoms with Crippen LogP contribution in [0.2, 0.25) is 0 Å². The van der Waals surface area contributed by atoms with Gasteiger partial charge in [-0.3, -0.25) is 9.59 Å². The number of aryl methyl sites for hydroxylation is 3. The molecule has 0 bridgehead atoms. The Bertz CT molecular complexity index is 733. The summed E-state index contributed by atoms with van der Waals surface area (Å²) >= 11 is 0. The molecule has 0 unspecified atom stereocenters. The van der Waals surface area contributed by atoms with Crippen LogP contribution in [0.25, 0.3) is 0 Å². The SMILES string of the molecule is Cc1cccc(C)c1C(=O)N(C)c1cccc(CCCC(N)=O)c1. The third-order valence-corrected chi connectivity index (χ3v) is 4.19. The lowest BCUT2D eigenvalue weighted by Gasteiger charge is -2.20. The second-order valence-corrected chi connectivity index (χ2v) is 6.12. The van der Waals surface area contributed by atoms with E-state index < -0.39 is 0 Å². The van der Waals surface area contributed by atoms with Crippen molar-refractivity contribution in [2.24, 2.45) is 5.73 Å². The van der Waals surface area contributed by atoms with E-state index in [2.05, 4.69) is 0 Å². The molecule has 2 aromatic carbocycles. The Labute approximate surface area is 143 Å². The van der Waals surface area contributed by atoms with Crippen molar-refractivity contribution in [2.75, 3.05) is 11.9 Å². The number of carbonyl (C=O) groups is 2. The molecule has 0 aliphatic heterocycles. The average molecular weight is 324 g/mol. The van der Waals surface area contributed by atoms with E-state index in [1.54, 1.807) is 11.9 Å². The lowest BCUT2D eigenvalue weighted by molar-refractivity contribution is -0.118. The molecule has 0 aliphatic rings. The van der Waals surface area contributed by atoms with Crippen molar-refractivity contribution >= 4 is 17.5 Å². The molecular weight excluding hydrogens is 300 g/mol. The zero-order valence-corrected chi connectivity index (χ0v) is 14.5. The quantitative estimate of drug-likeness (QED) is 0.885. The minimum atomic E-state index is -0.284. The summed E-state index contributed by atoms with van der Waals surface area (Å²) < 4.78 is 0. The second kappa shape index (κ2) is 7.77. The number of hydrogen-bond donors (Lipinski definition) is 1. The molecule has 2 aromatic rings. The largest absolute Gasteiger partial charge is 0.370 e. The monoisotopic (exact) mass is 324 g/mol. The van der Waals surface area contributed by atoms with Gasteiger partial charge in [0, 0.05) is 24.7 Å². The normalized spacial score (nSPS) is 10.5. The Hall–Kier alpha value is -2.62. The number of nitrogens with two attached hydrogens (primary N) is 1. The third kappa shape index (κ3) is 4.22. The van der Waals surface area contributed by atoms with Crippen LogP contribution in [0.1, 0.15) is 39.9 Å². The van der Waals surface area contributed by atoms with Crippen molar-refractivity contribution in [1.29, 1.82) is 0 Å². The molecule has 0 atom stereocenters. The number of rotatable bonds is 6. The summed E-state index contributed by atoms with van der Waals surface area (Å²) in [4.78, 5) is 25.4. The summed E-state index contributed by atoms with van der Waals surface area (Å²) in [7, 11) is 1.79. The molecule has 0 saturated heterocycles. The number of nitrogens with zero attached hydrogens (tertiary/aromatic N) is 1. The maximum absolute atomic E-state index is 12.9. The molecule has 4 heteroatoms. The molecule has 126 valence electrons. The van der Waals surface area contributed by atoms with Crippen LogP contribution in [0.3, 0.4) is 0 Å². The minimum absolute atomic E-state index is 0.0140. The standard InChI is InChI=1S/C20H24N2O2/c1-14-7-4-8-15(2)19(14)20(24)22(3)17-11-5-9-16(13-17)10-6-12-18(21)23/h4-5,7-9,11,13H,6,10,12H2,1-3H3,(H2,21,23). The molecule has 0 fully saturated rings. The fraction of sp³-hybridized carbons (Fsp3) is 0.300. The highest BCUT2D eigenvalue weighted by atomic mass is 16.2. The fourth-order valence-corrected chi connectivity index (χ4v) is 2.82. The van der Waals surface area contributed by atoms with Crippen LogP contribution in [0.5, 0.6) is 0 Å².